The third-order valence-corrected chi connectivity index (χ3v) is 6.08. The van der Waals surface area contributed by atoms with E-state index in [4.69, 9.17) is 9.05 Å². The maximum Gasteiger partial charge on any atom is 0.331 e. The molecule has 0 spiro atoms. The van der Waals surface area contributed by atoms with Crippen molar-refractivity contribution in [2.75, 3.05) is 6.16 Å². The minimum atomic E-state index is -3.13. The van der Waals surface area contributed by atoms with Crippen molar-refractivity contribution in [3.63, 3.8) is 0 Å². The van der Waals surface area contributed by atoms with Crippen LogP contribution in [0.3, 0.4) is 0 Å². The van der Waals surface area contributed by atoms with Gasteiger partial charge in [-0.2, -0.15) is 0 Å². The molecule has 126 valence electrons. The molecule has 0 aliphatic heterocycles. The zero-order valence-electron chi connectivity index (χ0n) is 14.7. The highest BCUT2D eigenvalue weighted by atomic mass is 31.2. The number of fused-ring (bicyclic) bond motifs is 1. The van der Waals surface area contributed by atoms with Crippen LogP contribution in [0.5, 0.6) is 0 Å². The first-order valence-corrected chi connectivity index (χ1v) is 9.97. The second-order valence-corrected chi connectivity index (χ2v) is 8.58. The Morgan fingerprint density at radius 1 is 0.870 bits per heavy atom. The quantitative estimate of drug-likeness (QED) is 0.584. The van der Waals surface area contributed by atoms with E-state index in [1.165, 1.54) is 16.3 Å². The molecule has 0 saturated carbocycles. The van der Waals surface area contributed by atoms with Gasteiger partial charge in [-0.25, -0.2) is 0 Å². The van der Waals surface area contributed by atoms with Crippen molar-refractivity contribution in [1.29, 1.82) is 0 Å². The molecule has 0 saturated heterocycles. The molecular formula is C19H27O3P. The lowest BCUT2D eigenvalue weighted by Gasteiger charge is -2.26. The summed E-state index contributed by atoms with van der Waals surface area (Å²) in [6.07, 6.45) is 0.135. The van der Waals surface area contributed by atoms with Crippen LogP contribution in [0.25, 0.3) is 10.8 Å². The fraction of sp³-hybridized carbons (Fsp3) is 0.474. The molecule has 0 aromatic heterocycles. The number of rotatable bonds is 7. The van der Waals surface area contributed by atoms with E-state index in [0.29, 0.717) is 6.16 Å². The average Bonchev–Trinajstić information content (AvgIpc) is 2.44. The molecule has 0 radical (unpaired) electrons. The Morgan fingerprint density at radius 3 is 2.04 bits per heavy atom. The third kappa shape index (κ3) is 4.91. The van der Waals surface area contributed by atoms with E-state index in [0.717, 1.165) is 0 Å². The fourth-order valence-corrected chi connectivity index (χ4v) is 5.24. The zero-order chi connectivity index (χ0) is 17.0. The maximum atomic E-state index is 13.1. The van der Waals surface area contributed by atoms with E-state index in [1.54, 1.807) is 0 Å². The number of benzene rings is 2. The third-order valence-electron chi connectivity index (χ3n) is 3.59. The Morgan fingerprint density at radius 2 is 1.43 bits per heavy atom. The predicted molar refractivity (Wildman–Crippen MR) is 97.3 cm³/mol. The van der Waals surface area contributed by atoms with Gasteiger partial charge in [0.25, 0.3) is 0 Å². The van der Waals surface area contributed by atoms with E-state index >= 15 is 0 Å². The van der Waals surface area contributed by atoms with Gasteiger partial charge in [0.05, 0.1) is 18.4 Å². The Balaban J connectivity index is 2.30. The first kappa shape index (κ1) is 18.2. The lowest BCUT2D eigenvalue weighted by atomic mass is 9.96. The summed E-state index contributed by atoms with van der Waals surface area (Å²) in [7, 11) is -3.13. The van der Waals surface area contributed by atoms with Crippen LogP contribution in [0.15, 0.2) is 42.5 Å². The number of hydrogen-bond acceptors (Lipinski definition) is 3. The minimum absolute atomic E-state index is 0.0874. The van der Waals surface area contributed by atoms with Gasteiger partial charge in [0.15, 0.2) is 0 Å². The summed E-state index contributed by atoms with van der Waals surface area (Å²) in [6, 6.07) is 14.5. The van der Waals surface area contributed by atoms with Gasteiger partial charge in [0.2, 0.25) is 0 Å². The molecule has 0 unspecified atom stereocenters. The van der Waals surface area contributed by atoms with E-state index < -0.39 is 7.60 Å². The number of hydrogen-bond donors (Lipinski definition) is 0. The Hall–Kier alpha value is -1.15. The molecule has 0 aliphatic rings. The van der Waals surface area contributed by atoms with Crippen LogP contribution in [-0.4, -0.2) is 18.4 Å². The SMILES string of the molecule is CC(C)OP(=O)(C[C@@H](C)c1cccc2ccccc12)OC(C)C. The topological polar surface area (TPSA) is 35.5 Å². The summed E-state index contributed by atoms with van der Waals surface area (Å²) in [6.45, 7) is 9.64. The van der Waals surface area contributed by atoms with Crippen LogP contribution in [0.1, 0.15) is 46.1 Å². The van der Waals surface area contributed by atoms with Gasteiger partial charge in [-0.05, 0) is 49.9 Å². The van der Waals surface area contributed by atoms with E-state index in [-0.39, 0.29) is 18.1 Å². The minimum Gasteiger partial charge on any atom is -0.306 e. The average molecular weight is 334 g/mol. The van der Waals surface area contributed by atoms with Gasteiger partial charge in [-0.3, -0.25) is 4.57 Å². The molecule has 2 aromatic rings. The summed E-state index contributed by atoms with van der Waals surface area (Å²) < 4.78 is 24.5. The second-order valence-electron chi connectivity index (χ2n) is 6.57. The normalized spacial score (nSPS) is 13.9. The molecule has 0 bridgehead atoms. The first-order valence-electron chi connectivity index (χ1n) is 8.24. The molecule has 23 heavy (non-hydrogen) atoms. The Kier molecular flexibility index (Phi) is 6.02. The van der Waals surface area contributed by atoms with Crippen molar-refractivity contribution in [2.24, 2.45) is 0 Å². The molecule has 0 heterocycles. The standard InChI is InChI=1S/C19H27O3P/c1-14(2)21-23(20,22-15(3)4)13-16(5)18-12-8-10-17-9-6-7-11-19(17)18/h6-12,14-16H,13H2,1-5H3/t16-/m1/s1. The smallest absolute Gasteiger partial charge is 0.306 e. The largest absolute Gasteiger partial charge is 0.331 e. The molecule has 2 aromatic carbocycles. The van der Waals surface area contributed by atoms with Gasteiger partial charge < -0.3 is 9.05 Å². The second kappa shape index (κ2) is 7.61. The summed E-state index contributed by atoms with van der Waals surface area (Å²) in [4.78, 5) is 0. The van der Waals surface area contributed by atoms with Crippen LogP contribution in [0, 0.1) is 0 Å². The van der Waals surface area contributed by atoms with Gasteiger partial charge in [0, 0.05) is 0 Å². The van der Waals surface area contributed by atoms with Crippen molar-refractivity contribution in [3.05, 3.63) is 48.0 Å². The van der Waals surface area contributed by atoms with Gasteiger partial charge >= 0.3 is 7.60 Å². The zero-order valence-corrected chi connectivity index (χ0v) is 15.5. The lowest BCUT2D eigenvalue weighted by molar-refractivity contribution is 0.142. The van der Waals surface area contributed by atoms with Crippen molar-refractivity contribution in [2.45, 2.75) is 52.7 Å². The predicted octanol–water partition coefficient (Wildman–Crippen LogP) is 5.99. The highest BCUT2D eigenvalue weighted by molar-refractivity contribution is 7.53. The molecule has 3 nitrogen and oxygen atoms in total. The highest BCUT2D eigenvalue weighted by Crippen LogP contribution is 2.53. The summed E-state index contributed by atoms with van der Waals surface area (Å²) >= 11 is 0. The molecule has 4 heteroatoms. The van der Waals surface area contributed by atoms with E-state index in [9.17, 15) is 4.57 Å². The van der Waals surface area contributed by atoms with Crippen molar-refractivity contribution < 1.29 is 13.6 Å². The highest BCUT2D eigenvalue weighted by Gasteiger charge is 2.31. The monoisotopic (exact) mass is 334 g/mol. The first-order chi connectivity index (χ1) is 10.8. The molecule has 0 amide bonds. The van der Waals surface area contributed by atoms with Crippen molar-refractivity contribution in [1.82, 2.24) is 0 Å². The summed E-state index contributed by atoms with van der Waals surface area (Å²) in [5.41, 5.74) is 1.18. The van der Waals surface area contributed by atoms with Crippen molar-refractivity contribution >= 4 is 18.4 Å². The van der Waals surface area contributed by atoms with Crippen LogP contribution >= 0.6 is 7.60 Å². The van der Waals surface area contributed by atoms with Crippen LogP contribution in [0.4, 0.5) is 0 Å². The molecule has 0 N–H and O–H groups in total. The lowest BCUT2D eigenvalue weighted by Crippen LogP contribution is -2.13. The molecule has 1 atom stereocenters. The Bertz CT molecular complexity index is 675. The molecule has 0 fully saturated rings. The van der Waals surface area contributed by atoms with Gasteiger partial charge in [0.1, 0.15) is 0 Å². The van der Waals surface area contributed by atoms with Crippen molar-refractivity contribution in [3.8, 4) is 0 Å². The summed E-state index contributed by atoms with van der Waals surface area (Å²) in [5.74, 6) is 0.0874. The van der Waals surface area contributed by atoms with Crippen LogP contribution in [-0.2, 0) is 13.6 Å². The molecule has 0 aliphatic carbocycles. The molecular weight excluding hydrogens is 307 g/mol. The van der Waals surface area contributed by atoms with E-state index in [2.05, 4.69) is 31.2 Å². The fourth-order valence-electron chi connectivity index (χ4n) is 2.87. The van der Waals surface area contributed by atoms with Gasteiger partial charge in [-0.1, -0.05) is 49.4 Å². The van der Waals surface area contributed by atoms with Crippen LogP contribution < -0.4 is 0 Å². The van der Waals surface area contributed by atoms with E-state index in [1.807, 2.05) is 45.9 Å². The van der Waals surface area contributed by atoms with Crippen LogP contribution in [0.2, 0.25) is 0 Å². The molecule has 2 rings (SSSR count). The summed E-state index contributed by atoms with van der Waals surface area (Å²) in [5, 5.41) is 2.39. The van der Waals surface area contributed by atoms with Gasteiger partial charge in [-0.15, -0.1) is 0 Å². The Labute approximate surface area is 139 Å². The maximum absolute atomic E-state index is 13.1.